The van der Waals surface area contributed by atoms with Crippen LogP contribution in [0.1, 0.15) is 57.6 Å². The predicted molar refractivity (Wildman–Crippen MR) is 78.3 cm³/mol. The maximum Gasteiger partial charge on any atom is 0.125 e. The van der Waals surface area contributed by atoms with Crippen molar-refractivity contribution in [3.8, 4) is 5.75 Å². The molecule has 0 radical (unpaired) electrons. The van der Waals surface area contributed by atoms with E-state index in [4.69, 9.17) is 4.74 Å². The zero-order valence-electron chi connectivity index (χ0n) is 11.9. The van der Waals surface area contributed by atoms with Gasteiger partial charge in [0.2, 0.25) is 0 Å². The Morgan fingerprint density at radius 1 is 1.21 bits per heavy atom. The highest BCUT2D eigenvalue weighted by atomic mass is 16.5. The Morgan fingerprint density at radius 3 is 2.68 bits per heavy atom. The van der Waals surface area contributed by atoms with E-state index in [2.05, 4.69) is 6.08 Å². The molecule has 0 spiro atoms. The molecule has 2 heteroatoms. The molecule has 2 nitrogen and oxygen atoms in total. The lowest BCUT2D eigenvalue weighted by molar-refractivity contribution is 0.164. The van der Waals surface area contributed by atoms with Crippen molar-refractivity contribution in [2.75, 3.05) is 0 Å². The molecule has 2 rings (SSSR count). The van der Waals surface area contributed by atoms with Crippen LogP contribution in [0.2, 0.25) is 0 Å². The van der Waals surface area contributed by atoms with Crippen LogP contribution in [0, 0.1) is 0 Å². The molecule has 0 heterocycles. The van der Waals surface area contributed by atoms with Crippen molar-refractivity contribution in [3.05, 3.63) is 41.5 Å². The second kappa shape index (κ2) is 6.76. The first-order valence-electron chi connectivity index (χ1n) is 7.28. The Morgan fingerprint density at radius 2 is 2.00 bits per heavy atom. The molecule has 1 unspecified atom stereocenters. The molecule has 1 N–H and O–H groups in total. The molecule has 1 aliphatic carbocycles. The fraction of sp³-hybridized carbons (Fsp3) is 0.529. The zero-order chi connectivity index (χ0) is 13.7. The molecule has 0 saturated carbocycles. The van der Waals surface area contributed by atoms with E-state index in [0.29, 0.717) is 0 Å². The first-order valence-corrected chi connectivity index (χ1v) is 7.28. The number of allylic oxidation sites excluding steroid dienone is 1. The molecule has 0 bridgehead atoms. The topological polar surface area (TPSA) is 29.5 Å². The molecule has 1 aromatic rings. The summed E-state index contributed by atoms with van der Waals surface area (Å²) in [4.78, 5) is 0. The van der Waals surface area contributed by atoms with Crippen molar-refractivity contribution < 1.29 is 9.84 Å². The van der Waals surface area contributed by atoms with Gasteiger partial charge in [0.1, 0.15) is 5.75 Å². The molecule has 0 fully saturated rings. The van der Waals surface area contributed by atoms with Gasteiger partial charge in [0.25, 0.3) is 0 Å². The maximum absolute atomic E-state index is 10.4. The third-order valence-electron chi connectivity index (χ3n) is 3.48. The quantitative estimate of drug-likeness (QED) is 0.795. The Hall–Kier alpha value is -1.28. The van der Waals surface area contributed by atoms with Crippen LogP contribution in [0.5, 0.6) is 5.75 Å². The minimum atomic E-state index is -0.459. The summed E-state index contributed by atoms with van der Waals surface area (Å²) in [6.45, 7) is 4.01. The summed E-state index contributed by atoms with van der Waals surface area (Å²) in [6, 6.07) is 7.81. The molecular formula is C17H24O2. The third kappa shape index (κ3) is 4.10. The van der Waals surface area contributed by atoms with Crippen LogP contribution in [-0.4, -0.2) is 11.2 Å². The van der Waals surface area contributed by atoms with Gasteiger partial charge in [-0.1, -0.05) is 29.8 Å². The summed E-state index contributed by atoms with van der Waals surface area (Å²) < 4.78 is 5.78. The SMILES string of the molecule is CC(C)Oc1ccccc1C(O)CC1=CCCCC1. The van der Waals surface area contributed by atoms with Gasteiger partial charge < -0.3 is 9.84 Å². The second-order valence-electron chi connectivity index (χ2n) is 5.53. The van der Waals surface area contributed by atoms with E-state index in [1.54, 1.807) is 0 Å². The Bertz CT molecular complexity index is 435. The van der Waals surface area contributed by atoms with Crippen LogP contribution in [0.4, 0.5) is 0 Å². The fourth-order valence-electron chi connectivity index (χ4n) is 2.57. The number of benzene rings is 1. The zero-order valence-corrected chi connectivity index (χ0v) is 11.9. The molecule has 1 aliphatic rings. The number of rotatable bonds is 5. The number of hydrogen-bond acceptors (Lipinski definition) is 2. The van der Waals surface area contributed by atoms with Crippen molar-refractivity contribution in [3.63, 3.8) is 0 Å². The van der Waals surface area contributed by atoms with E-state index in [9.17, 15) is 5.11 Å². The molecule has 1 atom stereocenters. The number of hydrogen-bond donors (Lipinski definition) is 1. The van der Waals surface area contributed by atoms with Gasteiger partial charge >= 0.3 is 0 Å². The van der Waals surface area contributed by atoms with Crippen LogP contribution in [0.25, 0.3) is 0 Å². The van der Waals surface area contributed by atoms with Gasteiger partial charge in [-0.3, -0.25) is 0 Å². The summed E-state index contributed by atoms with van der Waals surface area (Å²) in [6.07, 6.45) is 7.52. The third-order valence-corrected chi connectivity index (χ3v) is 3.48. The average Bonchev–Trinajstić information content (AvgIpc) is 2.39. The van der Waals surface area contributed by atoms with Gasteiger partial charge in [0, 0.05) is 5.56 Å². The van der Waals surface area contributed by atoms with Gasteiger partial charge in [-0.2, -0.15) is 0 Å². The number of aliphatic hydroxyl groups is 1. The summed E-state index contributed by atoms with van der Waals surface area (Å²) >= 11 is 0. The summed E-state index contributed by atoms with van der Waals surface area (Å²) in [5.74, 6) is 0.807. The van der Waals surface area contributed by atoms with Crippen LogP contribution >= 0.6 is 0 Å². The highest BCUT2D eigenvalue weighted by molar-refractivity contribution is 5.36. The number of aliphatic hydroxyl groups excluding tert-OH is 1. The van der Waals surface area contributed by atoms with Crippen molar-refractivity contribution in [2.24, 2.45) is 0 Å². The van der Waals surface area contributed by atoms with E-state index in [1.807, 2.05) is 38.1 Å². The van der Waals surface area contributed by atoms with Crippen LogP contribution in [0.15, 0.2) is 35.9 Å². The van der Waals surface area contributed by atoms with Crippen LogP contribution in [-0.2, 0) is 0 Å². The first-order chi connectivity index (χ1) is 9.16. The van der Waals surface area contributed by atoms with Crippen molar-refractivity contribution in [1.29, 1.82) is 0 Å². The number of para-hydroxylation sites is 1. The number of ether oxygens (including phenoxy) is 1. The second-order valence-corrected chi connectivity index (χ2v) is 5.53. The largest absolute Gasteiger partial charge is 0.491 e. The average molecular weight is 260 g/mol. The normalized spacial score (nSPS) is 17.2. The Balaban J connectivity index is 2.09. The van der Waals surface area contributed by atoms with Crippen molar-refractivity contribution in [1.82, 2.24) is 0 Å². The molecule has 0 aromatic heterocycles. The first kappa shape index (κ1) is 14.1. The van der Waals surface area contributed by atoms with Gasteiger partial charge in [0.15, 0.2) is 0 Å². The minimum absolute atomic E-state index is 0.127. The smallest absolute Gasteiger partial charge is 0.125 e. The van der Waals surface area contributed by atoms with Gasteiger partial charge in [-0.05, 0) is 52.0 Å². The lowest BCUT2D eigenvalue weighted by Gasteiger charge is -2.20. The maximum atomic E-state index is 10.4. The highest BCUT2D eigenvalue weighted by Gasteiger charge is 2.16. The predicted octanol–water partition coefficient (Wildman–Crippen LogP) is 4.40. The molecule has 0 saturated heterocycles. The van der Waals surface area contributed by atoms with Crippen molar-refractivity contribution in [2.45, 2.75) is 58.2 Å². The van der Waals surface area contributed by atoms with E-state index in [1.165, 1.54) is 18.4 Å². The van der Waals surface area contributed by atoms with Gasteiger partial charge in [-0.15, -0.1) is 0 Å². The lowest BCUT2D eigenvalue weighted by Crippen LogP contribution is -2.10. The molecule has 0 amide bonds. The lowest BCUT2D eigenvalue weighted by atomic mass is 9.92. The standard InChI is InChI=1S/C17H24O2/c1-13(2)19-17-11-7-6-10-15(17)16(18)12-14-8-4-3-5-9-14/h6-8,10-11,13,16,18H,3-5,9,12H2,1-2H3. The minimum Gasteiger partial charge on any atom is -0.491 e. The van der Waals surface area contributed by atoms with E-state index < -0.39 is 6.10 Å². The summed E-state index contributed by atoms with van der Waals surface area (Å²) in [7, 11) is 0. The van der Waals surface area contributed by atoms with Crippen LogP contribution < -0.4 is 4.74 Å². The Labute approximate surface area is 116 Å². The highest BCUT2D eigenvalue weighted by Crippen LogP contribution is 2.32. The van der Waals surface area contributed by atoms with E-state index in [-0.39, 0.29) is 6.10 Å². The summed E-state index contributed by atoms with van der Waals surface area (Å²) in [5.41, 5.74) is 2.29. The summed E-state index contributed by atoms with van der Waals surface area (Å²) in [5, 5.41) is 10.4. The fourth-order valence-corrected chi connectivity index (χ4v) is 2.57. The van der Waals surface area contributed by atoms with Gasteiger partial charge in [0.05, 0.1) is 12.2 Å². The molecule has 1 aromatic carbocycles. The molecule has 0 aliphatic heterocycles. The van der Waals surface area contributed by atoms with Gasteiger partial charge in [-0.25, -0.2) is 0 Å². The molecular weight excluding hydrogens is 236 g/mol. The van der Waals surface area contributed by atoms with Crippen LogP contribution in [0.3, 0.4) is 0 Å². The molecule has 19 heavy (non-hydrogen) atoms. The Kier molecular flexibility index (Phi) is 5.03. The van der Waals surface area contributed by atoms with E-state index >= 15 is 0 Å². The van der Waals surface area contributed by atoms with E-state index in [0.717, 1.165) is 30.6 Å². The monoisotopic (exact) mass is 260 g/mol. The van der Waals surface area contributed by atoms with Crippen molar-refractivity contribution >= 4 is 0 Å². The molecule has 104 valence electrons.